The minimum atomic E-state index is -0.488. The van der Waals surface area contributed by atoms with Crippen molar-refractivity contribution in [2.75, 3.05) is 12.4 Å². The normalized spacial score (nSPS) is 10.5. The average molecular weight is 376 g/mol. The molecule has 0 bridgehead atoms. The van der Waals surface area contributed by atoms with Gasteiger partial charge in [-0.05, 0) is 35.7 Å². The van der Waals surface area contributed by atoms with Gasteiger partial charge in [0.15, 0.2) is 0 Å². The number of hydrogen-bond donors (Lipinski definition) is 1. The molecule has 3 aromatic rings. The fraction of sp³-hybridized carbons (Fsp3) is 0.118. The van der Waals surface area contributed by atoms with Crippen LogP contribution < -0.4 is 5.32 Å². The molecule has 0 aliphatic carbocycles. The van der Waals surface area contributed by atoms with Crippen LogP contribution in [0, 0.1) is 5.82 Å². The van der Waals surface area contributed by atoms with Crippen molar-refractivity contribution in [1.29, 1.82) is 0 Å². The van der Waals surface area contributed by atoms with Gasteiger partial charge in [0.2, 0.25) is 5.91 Å². The zero-order valence-electron chi connectivity index (χ0n) is 13.1. The van der Waals surface area contributed by atoms with Crippen LogP contribution in [0.25, 0.3) is 10.6 Å². The van der Waals surface area contributed by atoms with Gasteiger partial charge in [0.25, 0.3) is 0 Å². The summed E-state index contributed by atoms with van der Waals surface area (Å²) in [7, 11) is 1.29. The third-order valence-corrected chi connectivity index (χ3v) is 5.13. The molecular weight excluding hydrogens is 363 g/mol. The number of thiazole rings is 1. The van der Waals surface area contributed by atoms with Crippen molar-refractivity contribution < 1.29 is 18.7 Å². The first-order valence-corrected chi connectivity index (χ1v) is 8.98. The Morgan fingerprint density at radius 3 is 2.68 bits per heavy atom. The van der Waals surface area contributed by atoms with Crippen molar-refractivity contribution in [3.05, 3.63) is 57.5 Å². The smallest absolute Gasteiger partial charge is 0.350 e. The van der Waals surface area contributed by atoms with E-state index in [2.05, 4.69) is 15.0 Å². The molecule has 0 saturated heterocycles. The van der Waals surface area contributed by atoms with Gasteiger partial charge in [-0.25, -0.2) is 14.2 Å². The lowest BCUT2D eigenvalue weighted by Gasteiger charge is -2.04. The van der Waals surface area contributed by atoms with E-state index < -0.39 is 5.97 Å². The van der Waals surface area contributed by atoms with Gasteiger partial charge in [0.05, 0.1) is 24.9 Å². The maximum absolute atomic E-state index is 13.0. The summed E-state index contributed by atoms with van der Waals surface area (Å²) in [6, 6.07) is 7.68. The van der Waals surface area contributed by atoms with Crippen molar-refractivity contribution in [1.82, 2.24) is 4.98 Å². The summed E-state index contributed by atoms with van der Waals surface area (Å²) < 4.78 is 17.7. The van der Waals surface area contributed by atoms with Crippen molar-refractivity contribution in [2.45, 2.75) is 6.42 Å². The number of carbonyl (C=O) groups excluding carboxylic acids is 2. The first-order chi connectivity index (χ1) is 12.1. The summed E-state index contributed by atoms with van der Waals surface area (Å²) in [6.07, 6.45) is 0.0775. The number of anilines is 1. The number of esters is 1. The number of ether oxygens (including phenoxy) is 1. The molecule has 0 spiro atoms. The van der Waals surface area contributed by atoms with Gasteiger partial charge in [0, 0.05) is 10.9 Å². The molecule has 0 saturated carbocycles. The number of hydrogen-bond acceptors (Lipinski definition) is 6. The van der Waals surface area contributed by atoms with E-state index in [1.807, 2.05) is 0 Å². The summed E-state index contributed by atoms with van der Waals surface area (Å²) in [5.74, 6) is -1.07. The number of amides is 1. The fourth-order valence-corrected chi connectivity index (χ4v) is 3.72. The zero-order valence-corrected chi connectivity index (χ0v) is 14.7. The number of benzene rings is 1. The van der Waals surface area contributed by atoms with E-state index in [4.69, 9.17) is 0 Å². The Morgan fingerprint density at radius 2 is 1.96 bits per heavy atom. The summed E-state index contributed by atoms with van der Waals surface area (Å²) in [4.78, 5) is 28.6. The van der Waals surface area contributed by atoms with E-state index in [9.17, 15) is 14.0 Å². The topological polar surface area (TPSA) is 68.3 Å². The van der Waals surface area contributed by atoms with Gasteiger partial charge in [-0.15, -0.1) is 22.7 Å². The van der Waals surface area contributed by atoms with Crippen molar-refractivity contribution in [2.24, 2.45) is 0 Å². The van der Waals surface area contributed by atoms with E-state index in [0.717, 1.165) is 5.56 Å². The van der Waals surface area contributed by atoms with Crippen molar-refractivity contribution in [3.8, 4) is 10.6 Å². The molecule has 2 aromatic heterocycles. The Morgan fingerprint density at radius 1 is 1.20 bits per heavy atom. The molecule has 128 valence electrons. The maximum Gasteiger partial charge on any atom is 0.350 e. The molecule has 1 aromatic carbocycles. The molecule has 1 amide bonds. The van der Waals surface area contributed by atoms with E-state index in [1.54, 1.807) is 29.0 Å². The number of methoxy groups -OCH3 is 1. The second-order valence-electron chi connectivity index (χ2n) is 5.03. The lowest BCUT2D eigenvalue weighted by Crippen LogP contribution is -2.16. The standard InChI is InChI=1S/C17H13FN2O3S2/c1-23-17(22)15-13(6-7-24-15)20-14(21)8-12-9-25-16(19-12)10-2-4-11(18)5-3-10/h2-7,9H,8H2,1H3,(H,20,21). The highest BCUT2D eigenvalue weighted by atomic mass is 32.1. The predicted octanol–water partition coefficient (Wildman–Crippen LogP) is 3.98. The molecule has 25 heavy (non-hydrogen) atoms. The van der Waals surface area contributed by atoms with E-state index in [-0.39, 0.29) is 18.1 Å². The number of halogens is 1. The van der Waals surface area contributed by atoms with Crippen LogP contribution in [-0.4, -0.2) is 24.0 Å². The molecule has 3 rings (SSSR count). The van der Waals surface area contributed by atoms with Crippen LogP contribution in [-0.2, 0) is 16.0 Å². The lowest BCUT2D eigenvalue weighted by molar-refractivity contribution is -0.115. The molecule has 0 aliphatic rings. The maximum atomic E-state index is 13.0. The fourth-order valence-electron chi connectivity index (χ4n) is 2.13. The molecular formula is C17H13FN2O3S2. The van der Waals surface area contributed by atoms with Crippen LogP contribution in [0.5, 0.6) is 0 Å². The Hall–Kier alpha value is -2.58. The van der Waals surface area contributed by atoms with E-state index >= 15 is 0 Å². The summed E-state index contributed by atoms with van der Waals surface area (Å²) in [5, 5.41) is 6.90. The minimum Gasteiger partial charge on any atom is -0.465 e. The quantitative estimate of drug-likeness (QED) is 0.684. The SMILES string of the molecule is COC(=O)c1sccc1NC(=O)Cc1csc(-c2ccc(F)cc2)n1. The van der Waals surface area contributed by atoms with Gasteiger partial charge in [-0.1, -0.05) is 0 Å². The van der Waals surface area contributed by atoms with Gasteiger partial charge in [-0.3, -0.25) is 4.79 Å². The van der Waals surface area contributed by atoms with E-state index in [0.29, 0.717) is 21.3 Å². The van der Waals surface area contributed by atoms with Gasteiger partial charge >= 0.3 is 5.97 Å². The summed E-state index contributed by atoms with van der Waals surface area (Å²) in [5.41, 5.74) is 1.83. The second-order valence-corrected chi connectivity index (χ2v) is 6.81. The molecule has 1 N–H and O–H groups in total. The highest BCUT2D eigenvalue weighted by molar-refractivity contribution is 7.13. The van der Waals surface area contributed by atoms with Crippen LogP contribution in [0.3, 0.4) is 0 Å². The Balaban J connectivity index is 1.67. The third kappa shape index (κ3) is 4.09. The van der Waals surface area contributed by atoms with Crippen molar-refractivity contribution in [3.63, 3.8) is 0 Å². The highest BCUT2D eigenvalue weighted by Crippen LogP contribution is 2.25. The van der Waals surface area contributed by atoms with E-state index in [1.165, 1.54) is 41.9 Å². The van der Waals surface area contributed by atoms with Crippen molar-refractivity contribution >= 4 is 40.2 Å². The minimum absolute atomic E-state index is 0.0775. The Kier molecular flexibility index (Phi) is 5.20. The molecule has 0 unspecified atom stereocenters. The second kappa shape index (κ2) is 7.54. The highest BCUT2D eigenvalue weighted by Gasteiger charge is 2.16. The molecule has 5 nitrogen and oxygen atoms in total. The average Bonchev–Trinajstić information content (AvgIpc) is 3.24. The number of rotatable bonds is 5. The zero-order chi connectivity index (χ0) is 17.8. The number of nitrogens with zero attached hydrogens (tertiary/aromatic N) is 1. The predicted molar refractivity (Wildman–Crippen MR) is 95.5 cm³/mol. The number of nitrogens with one attached hydrogen (secondary N) is 1. The number of carbonyl (C=O) groups is 2. The monoisotopic (exact) mass is 376 g/mol. The first kappa shape index (κ1) is 17.2. The lowest BCUT2D eigenvalue weighted by atomic mass is 10.2. The molecule has 0 atom stereocenters. The van der Waals surface area contributed by atoms with Crippen LogP contribution in [0.1, 0.15) is 15.4 Å². The van der Waals surface area contributed by atoms with Crippen LogP contribution >= 0.6 is 22.7 Å². The molecule has 2 heterocycles. The summed E-state index contributed by atoms with van der Waals surface area (Å²) in [6.45, 7) is 0. The van der Waals surface area contributed by atoms with Crippen LogP contribution in [0.4, 0.5) is 10.1 Å². The van der Waals surface area contributed by atoms with Gasteiger partial charge in [-0.2, -0.15) is 0 Å². The molecule has 0 fully saturated rings. The van der Waals surface area contributed by atoms with Crippen LogP contribution in [0.2, 0.25) is 0 Å². The molecule has 8 heteroatoms. The largest absolute Gasteiger partial charge is 0.465 e. The number of aromatic nitrogens is 1. The van der Waals surface area contributed by atoms with Gasteiger partial charge < -0.3 is 10.1 Å². The Bertz CT molecular complexity index is 903. The van der Waals surface area contributed by atoms with Crippen LogP contribution in [0.15, 0.2) is 41.1 Å². The molecule has 0 aliphatic heterocycles. The first-order valence-electron chi connectivity index (χ1n) is 7.23. The summed E-state index contributed by atoms with van der Waals surface area (Å²) >= 11 is 2.58. The third-order valence-electron chi connectivity index (χ3n) is 3.29. The Labute approximate surface area is 151 Å². The van der Waals surface area contributed by atoms with Gasteiger partial charge in [0.1, 0.15) is 15.7 Å². The molecule has 0 radical (unpaired) electrons. The number of thiophene rings is 1.